The summed E-state index contributed by atoms with van der Waals surface area (Å²) in [5.41, 5.74) is 2.29. The molecule has 1 saturated carbocycles. The second kappa shape index (κ2) is 4.01. The molecular formula is C15H18O3. The molecule has 0 atom stereocenters. The molecule has 3 heteroatoms. The number of aliphatic carboxylic acids is 1. The van der Waals surface area contributed by atoms with Crippen molar-refractivity contribution in [1.29, 1.82) is 0 Å². The third kappa shape index (κ3) is 1.61. The van der Waals surface area contributed by atoms with E-state index in [1.165, 1.54) is 12.0 Å². The van der Waals surface area contributed by atoms with E-state index < -0.39 is 11.4 Å². The molecule has 96 valence electrons. The van der Waals surface area contributed by atoms with Gasteiger partial charge in [0.05, 0.1) is 5.41 Å². The van der Waals surface area contributed by atoms with Crippen LogP contribution in [0.3, 0.4) is 0 Å². The number of hydrogen-bond acceptors (Lipinski definition) is 2. The number of aromatic hydroxyl groups is 1. The first kappa shape index (κ1) is 11.6. The number of carbonyl (C=O) groups is 1. The summed E-state index contributed by atoms with van der Waals surface area (Å²) in [5, 5.41) is 19.6. The Kier molecular flexibility index (Phi) is 2.58. The largest absolute Gasteiger partial charge is 0.508 e. The molecular weight excluding hydrogens is 228 g/mol. The van der Waals surface area contributed by atoms with E-state index in [1.807, 2.05) is 6.07 Å². The van der Waals surface area contributed by atoms with Crippen LogP contribution < -0.4 is 0 Å². The lowest BCUT2D eigenvalue weighted by Gasteiger charge is -2.19. The summed E-state index contributed by atoms with van der Waals surface area (Å²) >= 11 is 0. The number of aryl methyl sites for hydroxylation is 1. The van der Waals surface area contributed by atoms with E-state index in [1.54, 1.807) is 6.07 Å². The maximum atomic E-state index is 11.5. The van der Waals surface area contributed by atoms with Crippen molar-refractivity contribution < 1.29 is 15.0 Å². The molecule has 0 unspecified atom stereocenters. The van der Waals surface area contributed by atoms with E-state index in [4.69, 9.17) is 0 Å². The fraction of sp³-hybridized carbons (Fsp3) is 0.533. The maximum absolute atomic E-state index is 11.5. The summed E-state index contributed by atoms with van der Waals surface area (Å²) in [4.78, 5) is 11.5. The monoisotopic (exact) mass is 246 g/mol. The van der Waals surface area contributed by atoms with Crippen molar-refractivity contribution >= 4 is 5.97 Å². The van der Waals surface area contributed by atoms with Gasteiger partial charge >= 0.3 is 5.97 Å². The lowest BCUT2D eigenvalue weighted by molar-refractivity contribution is -0.140. The number of rotatable bonds is 2. The Balaban J connectivity index is 2.16. The van der Waals surface area contributed by atoms with Crippen molar-refractivity contribution in [3.05, 3.63) is 28.8 Å². The van der Waals surface area contributed by atoms with Crippen molar-refractivity contribution in [1.82, 2.24) is 0 Å². The van der Waals surface area contributed by atoms with Crippen LogP contribution in [0.25, 0.3) is 0 Å². The normalized spacial score (nSPS) is 20.9. The lowest BCUT2D eigenvalue weighted by atomic mass is 9.86. The van der Waals surface area contributed by atoms with Crippen LogP contribution in [0.15, 0.2) is 12.1 Å². The minimum atomic E-state index is -0.792. The van der Waals surface area contributed by atoms with Gasteiger partial charge in [-0.05, 0) is 55.7 Å². The van der Waals surface area contributed by atoms with Crippen LogP contribution in [-0.4, -0.2) is 16.2 Å². The second-order valence-electron chi connectivity index (χ2n) is 5.55. The third-order valence-corrected chi connectivity index (χ3v) is 4.40. The van der Waals surface area contributed by atoms with E-state index in [9.17, 15) is 15.0 Å². The fourth-order valence-electron chi connectivity index (χ4n) is 3.22. The Morgan fingerprint density at radius 1 is 1.11 bits per heavy atom. The fourth-order valence-corrected chi connectivity index (χ4v) is 3.22. The summed E-state index contributed by atoms with van der Waals surface area (Å²) in [6.45, 7) is 0. The Labute approximate surface area is 106 Å². The van der Waals surface area contributed by atoms with Crippen LogP contribution in [0, 0.1) is 0 Å². The molecule has 2 aliphatic rings. The van der Waals surface area contributed by atoms with Crippen LogP contribution in [0.4, 0.5) is 0 Å². The van der Waals surface area contributed by atoms with Crippen molar-refractivity contribution in [2.75, 3.05) is 0 Å². The van der Waals surface area contributed by atoms with Crippen molar-refractivity contribution in [3.8, 4) is 5.75 Å². The molecule has 3 nitrogen and oxygen atoms in total. The SMILES string of the molecule is O=C(O)C1(c2c(O)ccc3c2CCCCC3)CC1. The average molecular weight is 246 g/mol. The zero-order valence-corrected chi connectivity index (χ0v) is 10.4. The second-order valence-corrected chi connectivity index (χ2v) is 5.55. The van der Waals surface area contributed by atoms with Gasteiger partial charge in [-0.25, -0.2) is 0 Å². The highest BCUT2D eigenvalue weighted by atomic mass is 16.4. The maximum Gasteiger partial charge on any atom is 0.314 e. The first-order chi connectivity index (χ1) is 8.65. The number of phenols is 1. The molecule has 0 saturated heterocycles. The van der Waals surface area contributed by atoms with Gasteiger partial charge in [-0.3, -0.25) is 4.79 Å². The van der Waals surface area contributed by atoms with Crippen LogP contribution in [0.5, 0.6) is 5.75 Å². The predicted molar refractivity (Wildman–Crippen MR) is 67.9 cm³/mol. The van der Waals surface area contributed by atoms with Crippen LogP contribution in [0.1, 0.15) is 48.8 Å². The van der Waals surface area contributed by atoms with Gasteiger partial charge in [0, 0.05) is 5.56 Å². The summed E-state index contributed by atoms with van der Waals surface area (Å²) in [6, 6.07) is 3.65. The molecule has 2 N–H and O–H groups in total. The molecule has 1 aromatic rings. The van der Waals surface area contributed by atoms with E-state index in [2.05, 4.69) is 0 Å². The van der Waals surface area contributed by atoms with Crippen LogP contribution in [-0.2, 0) is 23.1 Å². The molecule has 0 amide bonds. The molecule has 1 fully saturated rings. The van der Waals surface area contributed by atoms with Gasteiger partial charge in [-0.15, -0.1) is 0 Å². The van der Waals surface area contributed by atoms with Crippen molar-refractivity contribution in [3.63, 3.8) is 0 Å². The molecule has 3 rings (SSSR count). The quantitative estimate of drug-likeness (QED) is 0.789. The number of hydrogen-bond donors (Lipinski definition) is 2. The van der Waals surface area contributed by atoms with Gasteiger partial charge < -0.3 is 10.2 Å². The van der Waals surface area contributed by atoms with E-state index in [-0.39, 0.29) is 5.75 Å². The van der Waals surface area contributed by atoms with Gasteiger partial charge in [0.1, 0.15) is 5.75 Å². The molecule has 0 aliphatic heterocycles. The minimum absolute atomic E-state index is 0.176. The predicted octanol–water partition coefficient (Wildman–Crippen LogP) is 2.78. The molecule has 0 heterocycles. The topological polar surface area (TPSA) is 57.5 Å². The van der Waals surface area contributed by atoms with Crippen molar-refractivity contribution in [2.45, 2.75) is 50.4 Å². The molecule has 1 aromatic carbocycles. The van der Waals surface area contributed by atoms with Crippen molar-refractivity contribution in [2.24, 2.45) is 0 Å². The van der Waals surface area contributed by atoms with Gasteiger partial charge in [-0.2, -0.15) is 0 Å². The molecule has 0 radical (unpaired) electrons. The Morgan fingerprint density at radius 2 is 1.83 bits per heavy atom. The highest BCUT2D eigenvalue weighted by Gasteiger charge is 2.54. The Bertz CT molecular complexity index is 501. The first-order valence-corrected chi connectivity index (χ1v) is 6.73. The number of phenolic OH excluding ortho intramolecular Hbond substituents is 1. The van der Waals surface area contributed by atoms with Gasteiger partial charge in [0.25, 0.3) is 0 Å². The average Bonchev–Trinajstić information content (AvgIpc) is 3.12. The van der Waals surface area contributed by atoms with Gasteiger partial charge in [-0.1, -0.05) is 12.5 Å². The molecule has 2 aliphatic carbocycles. The minimum Gasteiger partial charge on any atom is -0.508 e. The highest BCUT2D eigenvalue weighted by Crippen LogP contribution is 2.53. The smallest absolute Gasteiger partial charge is 0.314 e. The molecule has 0 spiro atoms. The van der Waals surface area contributed by atoms with Crippen LogP contribution >= 0.6 is 0 Å². The highest BCUT2D eigenvalue weighted by molar-refractivity contribution is 5.86. The first-order valence-electron chi connectivity index (χ1n) is 6.73. The summed E-state index contributed by atoms with van der Waals surface area (Å²) < 4.78 is 0. The lowest BCUT2D eigenvalue weighted by Crippen LogP contribution is -2.22. The third-order valence-electron chi connectivity index (χ3n) is 4.40. The van der Waals surface area contributed by atoms with E-state index in [0.717, 1.165) is 36.8 Å². The zero-order chi connectivity index (χ0) is 12.8. The van der Waals surface area contributed by atoms with Crippen LogP contribution in [0.2, 0.25) is 0 Å². The Hall–Kier alpha value is -1.51. The number of fused-ring (bicyclic) bond motifs is 1. The number of benzene rings is 1. The summed E-state index contributed by atoms with van der Waals surface area (Å²) in [5.74, 6) is -0.606. The van der Waals surface area contributed by atoms with E-state index >= 15 is 0 Å². The standard InChI is InChI=1S/C15H18O3/c16-12-7-6-10-4-2-1-3-5-11(10)13(12)15(8-9-15)14(17)18/h6-7,16H,1-5,8-9H2,(H,17,18). The molecule has 0 bridgehead atoms. The Morgan fingerprint density at radius 3 is 2.50 bits per heavy atom. The number of carboxylic acid groups (broad SMARTS) is 1. The van der Waals surface area contributed by atoms with Gasteiger partial charge in [0.15, 0.2) is 0 Å². The molecule has 0 aromatic heterocycles. The summed E-state index contributed by atoms with van der Waals surface area (Å²) in [7, 11) is 0. The van der Waals surface area contributed by atoms with Gasteiger partial charge in [0.2, 0.25) is 0 Å². The molecule has 18 heavy (non-hydrogen) atoms. The zero-order valence-electron chi connectivity index (χ0n) is 10.4. The number of carboxylic acids is 1. The van der Waals surface area contributed by atoms with E-state index in [0.29, 0.717) is 12.8 Å². The summed E-state index contributed by atoms with van der Waals surface area (Å²) in [6.07, 6.45) is 6.69.